The standard InChI is InChI=1S/C11H5Cl2F2NO/c12-6-3-4-16-5-9(6)17-8-2-1-7(14)11(15)10(8)13/h1-5H. The second-order valence-electron chi connectivity index (χ2n) is 3.08. The van der Waals surface area contributed by atoms with Crippen molar-refractivity contribution >= 4 is 23.2 Å². The summed E-state index contributed by atoms with van der Waals surface area (Å²) in [6.45, 7) is 0. The first kappa shape index (κ1) is 12.1. The van der Waals surface area contributed by atoms with Crippen LogP contribution in [0, 0.1) is 11.6 Å². The molecule has 0 radical (unpaired) electrons. The van der Waals surface area contributed by atoms with Gasteiger partial charge in [0.15, 0.2) is 17.4 Å². The van der Waals surface area contributed by atoms with Crippen molar-refractivity contribution in [3.05, 3.63) is 52.3 Å². The summed E-state index contributed by atoms with van der Waals surface area (Å²) in [5.41, 5.74) is 0. The number of benzene rings is 1. The molecule has 0 N–H and O–H groups in total. The molecule has 0 aliphatic heterocycles. The molecule has 1 heterocycles. The lowest BCUT2D eigenvalue weighted by Crippen LogP contribution is -1.92. The minimum absolute atomic E-state index is 0.0273. The van der Waals surface area contributed by atoms with Gasteiger partial charge < -0.3 is 4.74 Å². The highest BCUT2D eigenvalue weighted by molar-refractivity contribution is 6.32. The number of nitrogens with zero attached hydrogens (tertiary/aromatic N) is 1. The maximum absolute atomic E-state index is 13.2. The van der Waals surface area contributed by atoms with E-state index in [0.29, 0.717) is 5.02 Å². The Bertz CT molecular complexity index is 563. The Morgan fingerprint density at radius 2 is 1.82 bits per heavy atom. The topological polar surface area (TPSA) is 22.1 Å². The Labute approximate surface area is 106 Å². The van der Waals surface area contributed by atoms with Crippen LogP contribution in [0.4, 0.5) is 8.78 Å². The van der Waals surface area contributed by atoms with Crippen LogP contribution in [0.15, 0.2) is 30.6 Å². The lowest BCUT2D eigenvalue weighted by Gasteiger charge is -2.08. The lowest BCUT2D eigenvalue weighted by atomic mass is 10.3. The number of hydrogen-bond acceptors (Lipinski definition) is 2. The van der Waals surface area contributed by atoms with Crippen LogP contribution < -0.4 is 4.74 Å². The van der Waals surface area contributed by atoms with Gasteiger partial charge in [0.2, 0.25) is 0 Å². The van der Waals surface area contributed by atoms with Crippen molar-refractivity contribution in [3.8, 4) is 11.5 Å². The summed E-state index contributed by atoms with van der Waals surface area (Å²) in [4.78, 5) is 3.79. The SMILES string of the molecule is Fc1ccc(Oc2cnccc2Cl)c(Cl)c1F. The van der Waals surface area contributed by atoms with Gasteiger partial charge in [-0.05, 0) is 18.2 Å². The molecule has 0 unspecified atom stereocenters. The molecule has 0 atom stereocenters. The number of aromatic nitrogens is 1. The average molecular weight is 276 g/mol. The largest absolute Gasteiger partial charge is 0.452 e. The van der Waals surface area contributed by atoms with Gasteiger partial charge in [-0.1, -0.05) is 23.2 Å². The summed E-state index contributed by atoms with van der Waals surface area (Å²) in [6, 6.07) is 3.63. The zero-order chi connectivity index (χ0) is 12.4. The summed E-state index contributed by atoms with van der Waals surface area (Å²) < 4.78 is 31.2. The van der Waals surface area contributed by atoms with Crippen LogP contribution in [-0.2, 0) is 0 Å². The van der Waals surface area contributed by atoms with E-state index >= 15 is 0 Å². The number of pyridine rings is 1. The Morgan fingerprint density at radius 3 is 2.53 bits per heavy atom. The second-order valence-corrected chi connectivity index (χ2v) is 3.87. The third-order valence-corrected chi connectivity index (χ3v) is 2.62. The van der Waals surface area contributed by atoms with Crippen LogP contribution in [0.2, 0.25) is 10.0 Å². The monoisotopic (exact) mass is 275 g/mol. The van der Waals surface area contributed by atoms with E-state index in [1.807, 2.05) is 0 Å². The molecule has 1 aromatic heterocycles. The van der Waals surface area contributed by atoms with Crippen LogP contribution >= 0.6 is 23.2 Å². The summed E-state index contributed by atoms with van der Waals surface area (Å²) in [5.74, 6) is -2.02. The lowest BCUT2D eigenvalue weighted by molar-refractivity contribution is 0.460. The van der Waals surface area contributed by atoms with E-state index in [0.717, 1.165) is 6.07 Å². The van der Waals surface area contributed by atoms with Gasteiger partial charge >= 0.3 is 0 Å². The normalized spacial score (nSPS) is 10.4. The first-order valence-corrected chi connectivity index (χ1v) is 5.26. The number of ether oxygens (including phenoxy) is 1. The first-order valence-electron chi connectivity index (χ1n) is 4.50. The van der Waals surface area contributed by atoms with Crippen molar-refractivity contribution in [2.75, 3.05) is 0 Å². The molecule has 17 heavy (non-hydrogen) atoms. The summed E-state index contributed by atoms with van der Waals surface area (Å²) in [5, 5.41) is -0.147. The van der Waals surface area contributed by atoms with Gasteiger partial charge in [-0.3, -0.25) is 4.98 Å². The molecule has 0 saturated heterocycles. The Morgan fingerprint density at radius 1 is 1.06 bits per heavy atom. The molecule has 88 valence electrons. The molecular weight excluding hydrogens is 271 g/mol. The molecule has 0 spiro atoms. The average Bonchev–Trinajstić information content (AvgIpc) is 2.32. The molecule has 0 aliphatic carbocycles. The van der Waals surface area contributed by atoms with Crippen molar-refractivity contribution in [3.63, 3.8) is 0 Å². The van der Waals surface area contributed by atoms with Gasteiger partial charge in [-0.2, -0.15) is 0 Å². The highest BCUT2D eigenvalue weighted by atomic mass is 35.5. The summed E-state index contributed by atoms with van der Waals surface area (Å²) in [6.07, 6.45) is 2.82. The molecule has 2 rings (SSSR count). The second kappa shape index (κ2) is 4.85. The molecule has 0 fully saturated rings. The van der Waals surface area contributed by atoms with E-state index in [4.69, 9.17) is 27.9 Å². The van der Waals surface area contributed by atoms with Crippen LogP contribution in [-0.4, -0.2) is 4.98 Å². The molecule has 2 aromatic rings. The van der Waals surface area contributed by atoms with Gasteiger partial charge in [0, 0.05) is 6.20 Å². The molecule has 6 heteroatoms. The minimum Gasteiger partial charge on any atom is -0.452 e. The smallest absolute Gasteiger partial charge is 0.181 e. The Balaban J connectivity index is 2.38. The van der Waals surface area contributed by atoms with Crippen molar-refractivity contribution < 1.29 is 13.5 Å². The zero-order valence-corrected chi connectivity index (χ0v) is 9.77. The van der Waals surface area contributed by atoms with Crippen LogP contribution in [0.25, 0.3) is 0 Å². The van der Waals surface area contributed by atoms with Gasteiger partial charge in [0.1, 0.15) is 10.8 Å². The van der Waals surface area contributed by atoms with E-state index < -0.39 is 16.7 Å². The third-order valence-electron chi connectivity index (χ3n) is 1.95. The minimum atomic E-state index is -1.16. The maximum atomic E-state index is 13.2. The van der Waals surface area contributed by atoms with E-state index in [9.17, 15) is 8.78 Å². The van der Waals surface area contributed by atoms with Crippen molar-refractivity contribution in [2.24, 2.45) is 0 Å². The third kappa shape index (κ3) is 2.48. The highest BCUT2D eigenvalue weighted by Crippen LogP contribution is 2.34. The van der Waals surface area contributed by atoms with Gasteiger partial charge in [0.05, 0.1) is 11.2 Å². The predicted molar refractivity (Wildman–Crippen MR) is 60.7 cm³/mol. The number of halogens is 4. The fourth-order valence-electron chi connectivity index (χ4n) is 1.14. The van der Waals surface area contributed by atoms with Crippen molar-refractivity contribution in [1.29, 1.82) is 0 Å². The predicted octanol–water partition coefficient (Wildman–Crippen LogP) is 4.46. The summed E-state index contributed by atoms with van der Waals surface area (Å²) >= 11 is 11.4. The van der Waals surface area contributed by atoms with Gasteiger partial charge in [0.25, 0.3) is 0 Å². The molecule has 2 nitrogen and oxygen atoms in total. The van der Waals surface area contributed by atoms with E-state index in [1.54, 1.807) is 0 Å². The maximum Gasteiger partial charge on any atom is 0.181 e. The molecular formula is C11H5Cl2F2NO. The number of rotatable bonds is 2. The Hall–Kier alpha value is -1.39. The quantitative estimate of drug-likeness (QED) is 0.755. The van der Waals surface area contributed by atoms with E-state index in [1.165, 1.54) is 24.5 Å². The van der Waals surface area contributed by atoms with Crippen LogP contribution in [0.5, 0.6) is 11.5 Å². The zero-order valence-electron chi connectivity index (χ0n) is 8.25. The van der Waals surface area contributed by atoms with E-state index in [2.05, 4.69) is 4.98 Å². The highest BCUT2D eigenvalue weighted by Gasteiger charge is 2.14. The number of hydrogen-bond donors (Lipinski definition) is 0. The fourth-order valence-corrected chi connectivity index (χ4v) is 1.48. The fraction of sp³-hybridized carbons (Fsp3) is 0. The van der Waals surface area contributed by atoms with Crippen LogP contribution in [0.3, 0.4) is 0 Å². The molecule has 0 saturated carbocycles. The van der Waals surface area contributed by atoms with Gasteiger partial charge in [-0.25, -0.2) is 8.78 Å². The molecule has 1 aromatic carbocycles. The molecule has 0 amide bonds. The van der Waals surface area contributed by atoms with Crippen molar-refractivity contribution in [1.82, 2.24) is 4.98 Å². The van der Waals surface area contributed by atoms with Gasteiger partial charge in [-0.15, -0.1) is 0 Å². The first-order chi connectivity index (χ1) is 8.09. The molecule has 0 aliphatic rings. The molecule has 0 bridgehead atoms. The summed E-state index contributed by atoms with van der Waals surface area (Å²) in [7, 11) is 0. The van der Waals surface area contributed by atoms with E-state index in [-0.39, 0.29) is 11.5 Å². The van der Waals surface area contributed by atoms with Crippen LogP contribution in [0.1, 0.15) is 0 Å². The van der Waals surface area contributed by atoms with Crippen molar-refractivity contribution in [2.45, 2.75) is 0 Å². The Kier molecular flexibility index (Phi) is 3.45.